The lowest BCUT2D eigenvalue weighted by atomic mass is 10.2. The van der Waals surface area contributed by atoms with Gasteiger partial charge in [-0.1, -0.05) is 6.07 Å². The van der Waals surface area contributed by atoms with Gasteiger partial charge in [-0.25, -0.2) is 9.05 Å². The maximum atomic E-state index is 4.93. The first-order chi connectivity index (χ1) is 8.75. The molecule has 0 bridgehead atoms. The van der Waals surface area contributed by atoms with Crippen LogP contribution in [0, 0.1) is 13.8 Å². The summed E-state index contributed by atoms with van der Waals surface area (Å²) in [5, 5.41) is 7.71. The minimum absolute atomic E-state index is 0.791. The molecule has 0 aliphatic heterocycles. The molecule has 0 saturated carbocycles. The van der Waals surface area contributed by atoms with E-state index < -0.39 is 0 Å². The first-order valence-corrected chi connectivity index (χ1v) is 5.52. The summed E-state index contributed by atoms with van der Waals surface area (Å²) in [6.07, 6.45) is 3.14. The van der Waals surface area contributed by atoms with Crippen LogP contribution in [-0.4, -0.2) is 10.3 Å². The van der Waals surface area contributed by atoms with Crippen molar-refractivity contribution in [3.8, 4) is 11.4 Å². The molecule has 0 N–H and O–H groups in total. The second kappa shape index (κ2) is 4.06. The smallest absolute Gasteiger partial charge is 0.221 e. The Hall–Kier alpha value is -2.50. The van der Waals surface area contributed by atoms with Crippen molar-refractivity contribution in [2.75, 3.05) is 0 Å². The van der Waals surface area contributed by atoms with Crippen LogP contribution in [-0.2, 0) is 0 Å². The zero-order chi connectivity index (χ0) is 12.5. The van der Waals surface area contributed by atoms with Gasteiger partial charge < -0.3 is 0 Å². The van der Waals surface area contributed by atoms with E-state index in [0.717, 1.165) is 23.0 Å². The van der Waals surface area contributed by atoms with E-state index >= 15 is 0 Å². The predicted molar refractivity (Wildman–Crippen MR) is 59.1 cm³/mol. The molecule has 3 rings (SSSR count). The first-order valence-electron chi connectivity index (χ1n) is 5.52. The molecular weight excluding hydrogens is 232 g/mol. The Bertz CT molecular complexity index is 631. The highest BCUT2D eigenvalue weighted by atomic mass is 16.5. The molecule has 0 radical (unpaired) electrons. The maximum Gasteiger partial charge on any atom is 0.350 e. The summed E-state index contributed by atoms with van der Waals surface area (Å²) in [5.41, 5.74) is 1.94. The van der Waals surface area contributed by atoms with Gasteiger partial charge in [-0.05, 0) is 12.1 Å². The highest BCUT2D eigenvalue weighted by Gasteiger charge is 2.17. The van der Waals surface area contributed by atoms with Crippen molar-refractivity contribution >= 4 is 0 Å². The molecule has 2 aromatic heterocycles. The van der Waals surface area contributed by atoms with E-state index in [-0.39, 0.29) is 0 Å². The topological polar surface area (TPSA) is 59.8 Å². The fourth-order valence-electron chi connectivity index (χ4n) is 1.82. The molecule has 3 aromatic rings. The lowest BCUT2D eigenvalue weighted by Crippen LogP contribution is -2.35. The standard InChI is InChI=1S/C12H12N4O2/c1-9-13-17-7-15(9)11-4-3-5-12(6-11)16-8-18-14-10(16)2/h3-8H,1-2H3/q+2. The molecule has 0 unspecified atom stereocenters. The van der Waals surface area contributed by atoms with Crippen molar-refractivity contribution in [3.63, 3.8) is 0 Å². The van der Waals surface area contributed by atoms with Gasteiger partial charge in [0.25, 0.3) is 0 Å². The summed E-state index contributed by atoms with van der Waals surface area (Å²) >= 11 is 0. The Morgan fingerprint density at radius 1 is 0.889 bits per heavy atom. The number of benzene rings is 1. The molecule has 18 heavy (non-hydrogen) atoms. The van der Waals surface area contributed by atoms with Gasteiger partial charge in [0.05, 0.1) is 0 Å². The Morgan fingerprint density at radius 2 is 1.39 bits per heavy atom. The van der Waals surface area contributed by atoms with Crippen LogP contribution < -0.4 is 9.13 Å². The van der Waals surface area contributed by atoms with Crippen LogP contribution >= 0.6 is 0 Å². The number of nitrogens with zero attached hydrogens (tertiary/aromatic N) is 4. The lowest BCUT2D eigenvalue weighted by Gasteiger charge is -1.98. The quantitative estimate of drug-likeness (QED) is 0.626. The summed E-state index contributed by atoms with van der Waals surface area (Å²) in [4.78, 5) is 0. The molecule has 0 aliphatic carbocycles. The third-order valence-electron chi connectivity index (χ3n) is 2.76. The zero-order valence-corrected chi connectivity index (χ0v) is 10.1. The van der Waals surface area contributed by atoms with Gasteiger partial charge in [0, 0.05) is 19.9 Å². The summed E-state index contributed by atoms with van der Waals surface area (Å²) in [5.74, 6) is 1.58. The van der Waals surface area contributed by atoms with Gasteiger partial charge in [-0.15, -0.1) is 0 Å². The monoisotopic (exact) mass is 244 g/mol. The maximum absolute atomic E-state index is 4.93. The minimum Gasteiger partial charge on any atom is -0.221 e. The molecule has 0 aliphatic rings. The summed E-state index contributed by atoms with van der Waals surface area (Å²) in [6.45, 7) is 3.77. The number of hydrogen-bond donors (Lipinski definition) is 0. The molecule has 0 amide bonds. The number of aryl methyl sites for hydroxylation is 2. The molecule has 0 spiro atoms. The second-order valence-electron chi connectivity index (χ2n) is 3.96. The molecule has 2 heterocycles. The van der Waals surface area contributed by atoms with E-state index in [1.165, 1.54) is 0 Å². The number of rotatable bonds is 2. The zero-order valence-electron chi connectivity index (χ0n) is 10.1. The molecule has 1 aromatic carbocycles. The van der Waals surface area contributed by atoms with Gasteiger partial charge in [-0.2, -0.15) is 9.13 Å². The van der Waals surface area contributed by atoms with E-state index in [1.807, 2.05) is 47.2 Å². The Morgan fingerprint density at radius 3 is 1.78 bits per heavy atom. The normalized spacial score (nSPS) is 10.8. The number of hydrogen-bond acceptors (Lipinski definition) is 4. The molecular formula is C12H12N4O2+2. The average molecular weight is 244 g/mol. The Labute approximate surface area is 103 Å². The van der Waals surface area contributed by atoms with Crippen LogP contribution in [0.2, 0.25) is 0 Å². The summed E-state index contributed by atoms with van der Waals surface area (Å²) in [7, 11) is 0. The fourth-order valence-corrected chi connectivity index (χ4v) is 1.82. The lowest BCUT2D eigenvalue weighted by molar-refractivity contribution is -0.615. The van der Waals surface area contributed by atoms with E-state index in [2.05, 4.69) is 10.3 Å². The van der Waals surface area contributed by atoms with E-state index in [4.69, 9.17) is 9.05 Å². The van der Waals surface area contributed by atoms with Crippen molar-refractivity contribution in [2.45, 2.75) is 13.8 Å². The highest BCUT2D eigenvalue weighted by molar-refractivity contribution is 5.33. The van der Waals surface area contributed by atoms with Crippen LogP contribution in [0.1, 0.15) is 11.6 Å². The van der Waals surface area contributed by atoms with Gasteiger partial charge >= 0.3 is 24.4 Å². The van der Waals surface area contributed by atoms with E-state index in [1.54, 1.807) is 12.8 Å². The Kier molecular flexibility index (Phi) is 2.40. The van der Waals surface area contributed by atoms with Crippen LogP contribution in [0.25, 0.3) is 11.4 Å². The molecule has 0 saturated heterocycles. The van der Waals surface area contributed by atoms with Gasteiger partial charge in [0.2, 0.25) is 0 Å². The highest BCUT2D eigenvalue weighted by Crippen LogP contribution is 2.06. The predicted octanol–water partition coefficient (Wildman–Crippen LogP) is 0.833. The van der Waals surface area contributed by atoms with E-state index in [9.17, 15) is 0 Å². The van der Waals surface area contributed by atoms with Crippen molar-refractivity contribution in [1.82, 2.24) is 10.3 Å². The summed E-state index contributed by atoms with van der Waals surface area (Å²) < 4.78 is 13.6. The van der Waals surface area contributed by atoms with Crippen LogP contribution in [0.15, 0.2) is 46.1 Å². The molecule has 0 fully saturated rings. The molecule has 6 nitrogen and oxygen atoms in total. The largest absolute Gasteiger partial charge is 0.350 e. The van der Waals surface area contributed by atoms with Crippen LogP contribution in [0.5, 0.6) is 0 Å². The van der Waals surface area contributed by atoms with Gasteiger partial charge in [0.1, 0.15) is 11.4 Å². The van der Waals surface area contributed by atoms with Crippen molar-refractivity contribution in [1.29, 1.82) is 0 Å². The van der Waals surface area contributed by atoms with E-state index in [0.29, 0.717) is 0 Å². The van der Waals surface area contributed by atoms with Gasteiger partial charge in [-0.3, -0.25) is 0 Å². The van der Waals surface area contributed by atoms with Crippen LogP contribution in [0.3, 0.4) is 0 Å². The minimum atomic E-state index is 0.791. The fraction of sp³-hybridized carbons (Fsp3) is 0.167. The van der Waals surface area contributed by atoms with Crippen LogP contribution in [0.4, 0.5) is 0 Å². The molecule has 0 atom stereocenters. The van der Waals surface area contributed by atoms with Crippen molar-refractivity contribution in [3.05, 3.63) is 48.7 Å². The summed E-state index contributed by atoms with van der Waals surface area (Å²) in [6, 6.07) is 7.94. The molecule has 90 valence electrons. The first kappa shape index (κ1) is 10.6. The third kappa shape index (κ3) is 1.67. The number of aromatic nitrogens is 4. The Balaban J connectivity index is 2.11. The molecule has 6 heteroatoms. The van der Waals surface area contributed by atoms with Gasteiger partial charge in [0.15, 0.2) is 10.3 Å². The SMILES string of the molecule is Cc1noc[n+]1-c1cccc(-[n+]2conc2C)c1. The second-order valence-corrected chi connectivity index (χ2v) is 3.96. The third-order valence-corrected chi connectivity index (χ3v) is 2.76. The van der Waals surface area contributed by atoms with Crippen molar-refractivity contribution < 1.29 is 18.2 Å². The average Bonchev–Trinajstić information content (AvgIpc) is 2.98. The van der Waals surface area contributed by atoms with Crippen molar-refractivity contribution in [2.24, 2.45) is 0 Å².